The van der Waals surface area contributed by atoms with Crippen molar-refractivity contribution >= 4 is 6.09 Å². The Bertz CT molecular complexity index is 290. The van der Waals surface area contributed by atoms with E-state index in [0.29, 0.717) is 13.2 Å². The zero-order valence-electron chi connectivity index (χ0n) is 8.60. The second kappa shape index (κ2) is 6.78. The van der Waals surface area contributed by atoms with Gasteiger partial charge in [-0.1, -0.05) is 6.07 Å². The van der Waals surface area contributed by atoms with Gasteiger partial charge in [0, 0.05) is 26.0 Å². The van der Waals surface area contributed by atoms with Gasteiger partial charge in [-0.25, -0.2) is 4.79 Å². The molecule has 0 atom stereocenters. The fraction of sp³-hybridized carbons (Fsp3) is 0.400. The second-order valence-corrected chi connectivity index (χ2v) is 2.84. The van der Waals surface area contributed by atoms with E-state index in [2.05, 4.69) is 10.3 Å². The van der Waals surface area contributed by atoms with Gasteiger partial charge in [0.05, 0.1) is 6.61 Å². The molecule has 0 saturated carbocycles. The van der Waals surface area contributed by atoms with Crippen molar-refractivity contribution in [3.05, 3.63) is 30.1 Å². The van der Waals surface area contributed by atoms with Crippen molar-refractivity contribution in [1.29, 1.82) is 0 Å². The molecule has 0 aliphatic heterocycles. The number of nitrogens with one attached hydrogen (secondary N) is 1. The molecule has 0 saturated heterocycles. The number of pyridine rings is 1. The number of ether oxygens (including phenoxy) is 2. The molecule has 0 aliphatic rings. The minimum Gasteiger partial charge on any atom is -0.447 e. The van der Waals surface area contributed by atoms with Crippen LogP contribution in [0.5, 0.6) is 0 Å². The van der Waals surface area contributed by atoms with Crippen molar-refractivity contribution in [2.24, 2.45) is 0 Å². The third kappa shape index (κ3) is 4.97. The van der Waals surface area contributed by atoms with Crippen molar-refractivity contribution < 1.29 is 14.3 Å². The molecule has 1 aromatic rings. The van der Waals surface area contributed by atoms with E-state index in [1.165, 1.54) is 0 Å². The standard InChI is InChI=1S/C10H14N2O3/c1-14-5-6-15-10(13)12-8-9-3-2-4-11-7-9/h2-4,7H,5-6,8H2,1H3,(H,12,13). The van der Waals surface area contributed by atoms with E-state index >= 15 is 0 Å². The van der Waals surface area contributed by atoms with Gasteiger partial charge in [0.2, 0.25) is 0 Å². The first-order valence-electron chi connectivity index (χ1n) is 4.61. The van der Waals surface area contributed by atoms with Gasteiger partial charge in [-0.3, -0.25) is 4.98 Å². The van der Waals surface area contributed by atoms with Crippen LogP contribution in [0.3, 0.4) is 0 Å². The number of methoxy groups -OCH3 is 1. The molecule has 5 heteroatoms. The first-order chi connectivity index (χ1) is 7.33. The summed E-state index contributed by atoms with van der Waals surface area (Å²) in [6, 6.07) is 3.69. The Morgan fingerprint density at radius 1 is 1.53 bits per heavy atom. The summed E-state index contributed by atoms with van der Waals surface area (Å²) in [5.41, 5.74) is 0.932. The average Bonchev–Trinajstić information content (AvgIpc) is 2.28. The van der Waals surface area contributed by atoms with Crippen molar-refractivity contribution in [3.63, 3.8) is 0 Å². The van der Waals surface area contributed by atoms with Crippen LogP contribution in [0.15, 0.2) is 24.5 Å². The Hall–Kier alpha value is -1.62. The molecule has 0 fully saturated rings. The van der Waals surface area contributed by atoms with Gasteiger partial charge in [0.1, 0.15) is 6.61 Å². The molecule has 15 heavy (non-hydrogen) atoms. The third-order valence-corrected chi connectivity index (χ3v) is 1.68. The predicted octanol–water partition coefficient (Wildman–Crippen LogP) is 0.954. The van der Waals surface area contributed by atoms with Crippen molar-refractivity contribution in [2.75, 3.05) is 20.3 Å². The number of hydrogen-bond acceptors (Lipinski definition) is 4. The first-order valence-corrected chi connectivity index (χ1v) is 4.61. The third-order valence-electron chi connectivity index (χ3n) is 1.68. The van der Waals surface area contributed by atoms with Gasteiger partial charge in [0.15, 0.2) is 0 Å². The smallest absolute Gasteiger partial charge is 0.407 e. The van der Waals surface area contributed by atoms with E-state index < -0.39 is 6.09 Å². The predicted molar refractivity (Wildman–Crippen MR) is 54.3 cm³/mol. The van der Waals surface area contributed by atoms with Crippen molar-refractivity contribution in [1.82, 2.24) is 10.3 Å². The first kappa shape index (κ1) is 11.5. The van der Waals surface area contributed by atoms with Gasteiger partial charge in [-0.2, -0.15) is 0 Å². The van der Waals surface area contributed by atoms with E-state index in [4.69, 9.17) is 9.47 Å². The van der Waals surface area contributed by atoms with Crippen molar-refractivity contribution in [2.45, 2.75) is 6.54 Å². The van der Waals surface area contributed by atoms with Crippen LogP contribution in [-0.4, -0.2) is 31.4 Å². The number of hydrogen-bond donors (Lipinski definition) is 1. The van der Waals surface area contributed by atoms with Crippen molar-refractivity contribution in [3.8, 4) is 0 Å². The maximum atomic E-state index is 11.1. The molecule has 0 unspecified atom stereocenters. The summed E-state index contributed by atoms with van der Waals surface area (Å²) in [4.78, 5) is 15.0. The molecular formula is C10H14N2O3. The lowest BCUT2D eigenvalue weighted by atomic mass is 10.3. The molecule has 0 radical (unpaired) electrons. The highest BCUT2D eigenvalue weighted by molar-refractivity contribution is 5.67. The van der Waals surface area contributed by atoms with Gasteiger partial charge in [-0.15, -0.1) is 0 Å². The molecule has 0 aliphatic carbocycles. The molecule has 1 heterocycles. The largest absolute Gasteiger partial charge is 0.447 e. The van der Waals surface area contributed by atoms with Crippen LogP contribution < -0.4 is 5.32 Å². The molecule has 1 N–H and O–H groups in total. The second-order valence-electron chi connectivity index (χ2n) is 2.84. The highest BCUT2D eigenvalue weighted by atomic mass is 16.6. The van der Waals surface area contributed by atoms with E-state index in [0.717, 1.165) is 5.56 Å². The molecule has 0 spiro atoms. The maximum Gasteiger partial charge on any atom is 0.407 e. The molecule has 0 aromatic carbocycles. The number of amides is 1. The summed E-state index contributed by atoms with van der Waals surface area (Å²) in [6.45, 7) is 1.08. The number of aromatic nitrogens is 1. The Morgan fingerprint density at radius 2 is 2.40 bits per heavy atom. The number of rotatable bonds is 5. The lowest BCUT2D eigenvalue weighted by Crippen LogP contribution is -2.25. The molecule has 0 bridgehead atoms. The van der Waals surface area contributed by atoms with Crippen LogP contribution in [-0.2, 0) is 16.0 Å². The minimum absolute atomic E-state index is 0.259. The maximum absolute atomic E-state index is 11.1. The highest BCUT2D eigenvalue weighted by Gasteiger charge is 2.00. The minimum atomic E-state index is -0.448. The van der Waals surface area contributed by atoms with Crippen LogP contribution in [0.2, 0.25) is 0 Å². The Kier molecular flexibility index (Phi) is 5.18. The van der Waals surface area contributed by atoms with Crippen LogP contribution in [0, 0.1) is 0 Å². The van der Waals surface area contributed by atoms with Gasteiger partial charge in [-0.05, 0) is 11.6 Å². The lowest BCUT2D eigenvalue weighted by molar-refractivity contribution is 0.0983. The highest BCUT2D eigenvalue weighted by Crippen LogP contribution is 1.94. The summed E-state index contributed by atoms with van der Waals surface area (Å²) in [6.07, 6.45) is 2.92. The molecular weight excluding hydrogens is 196 g/mol. The fourth-order valence-corrected chi connectivity index (χ4v) is 0.946. The molecule has 1 rings (SSSR count). The lowest BCUT2D eigenvalue weighted by Gasteiger charge is -2.05. The topological polar surface area (TPSA) is 60.5 Å². The fourth-order valence-electron chi connectivity index (χ4n) is 0.946. The number of carbonyl (C=O) groups is 1. The summed E-state index contributed by atoms with van der Waals surface area (Å²) >= 11 is 0. The summed E-state index contributed by atoms with van der Waals surface area (Å²) < 4.78 is 9.55. The summed E-state index contributed by atoms with van der Waals surface area (Å²) in [5, 5.41) is 2.60. The monoisotopic (exact) mass is 210 g/mol. The van der Waals surface area contributed by atoms with Gasteiger partial charge < -0.3 is 14.8 Å². The number of alkyl carbamates (subject to hydrolysis) is 1. The van der Waals surface area contributed by atoms with Gasteiger partial charge >= 0.3 is 6.09 Å². The van der Waals surface area contributed by atoms with Gasteiger partial charge in [0.25, 0.3) is 0 Å². The SMILES string of the molecule is COCCOC(=O)NCc1cccnc1. The van der Waals surface area contributed by atoms with E-state index in [-0.39, 0.29) is 6.61 Å². The van der Waals surface area contributed by atoms with E-state index in [1.54, 1.807) is 19.5 Å². The quantitative estimate of drug-likeness (QED) is 0.735. The van der Waals surface area contributed by atoms with E-state index in [9.17, 15) is 4.79 Å². The zero-order valence-corrected chi connectivity index (χ0v) is 8.60. The Labute approximate surface area is 88.4 Å². The zero-order chi connectivity index (χ0) is 10.9. The normalized spacial score (nSPS) is 9.67. The number of carbonyl (C=O) groups excluding carboxylic acids is 1. The van der Waals surface area contributed by atoms with Crippen LogP contribution in [0.25, 0.3) is 0 Å². The summed E-state index contributed by atoms with van der Waals surface area (Å²) in [5.74, 6) is 0. The van der Waals surface area contributed by atoms with E-state index in [1.807, 2.05) is 12.1 Å². The molecule has 82 valence electrons. The summed E-state index contributed by atoms with van der Waals surface area (Å²) in [7, 11) is 1.55. The Morgan fingerprint density at radius 3 is 3.07 bits per heavy atom. The molecule has 1 amide bonds. The van der Waals surface area contributed by atoms with Crippen LogP contribution in [0.4, 0.5) is 4.79 Å². The molecule has 1 aromatic heterocycles. The average molecular weight is 210 g/mol. The number of nitrogens with zero attached hydrogens (tertiary/aromatic N) is 1. The van der Waals surface area contributed by atoms with Crippen LogP contribution >= 0.6 is 0 Å². The van der Waals surface area contributed by atoms with Crippen LogP contribution in [0.1, 0.15) is 5.56 Å². The molecule has 5 nitrogen and oxygen atoms in total. The Balaban J connectivity index is 2.17.